The molecule has 0 radical (unpaired) electrons. The highest BCUT2D eigenvalue weighted by Crippen LogP contribution is 2.30. The fraction of sp³-hybridized carbons (Fsp3) is 0.250. The number of ether oxygens (including phenoxy) is 1. The number of rotatable bonds is 5. The lowest BCUT2D eigenvalue weighted by Crippen LogP contribution is -2.59. The monoisotopic (exact) mass is 348 g/mol. The number of nitrogens with zero attached hydrogens (tertiary/aromatic N) is 2. The number of aromatic nitrogens is 3. The van der Waals surface area contributed by atoms with Gasteiger partial charge in [0.15, 0.2) is 5.82 Å². The molecule has 6 heteroatoms. The zero-order valence-corrected chi connectivity index (χ0v) is 14.5. The zero-order valence-electron chi connectivity index (χ0n) is 14.5. The van der Waals surface area contributed by atoms with Gasteiger partial charge < -0.3 is 10.1 Å². The number of benzene rings is 2. The van der Waals surface area contributed by atoms with E-state index in [-0.39, 0.29) is 5.91 Å². The Morgan fingerprint density at radius 3 is 2.46 bits per heavy atom. The third kappa shape index (κ3) is 2.99. The minimum Gasteiger partial charge on any atom is -0.376 e. The Balaban J connectivity index is 1.51. The highest BCUT2D eigenvalue weighted by molar-refractivity contribution is 5.95. The van der Waals surface area contributed by atoms with Crippen molar-refractivity contribution in [2.45, 2.75) is 18.9 Å². The van der Waals surface area contributed by atoms with Crippen molar-refractivity contribution in [1.82, 2.24) is 20.5 Å². The molecule has 0 bridgehead atoms. The van der Waals surface area contributed by atoms with Gasteiger partial charge >= 0.3 is 0 Å². The molecule has 26 heavy (non-hydrogen) atoms. The van der Waals surface area contributed by atoms with Crippen molar-refractivity contribution in [3.05, 3.63) is 71.5 Å². The van der Waals surface area contributed by atoms with E-state index in [4.69, 9.17) is 4.74 Å². The Hall–Kier alpha value is -2.99. The van der Waals surface area contributed by atoms with Crippen LogP contribution in [-0.2, 0) is 16.7 Å². The topological polar surface area (TPSA) is 79.9 Å². The van der Waals surface area contributed by atoms with Crippen LogP contribution in [0.4, 0.5) is 0 Å². The fourth-order valence-corrected chi connectivity index (χ4v) is 3.02. The number of aromatic amines is 1. The first kappa shape index (κ1) is 16.5. The summed E-state index contributed by atoms with van der Waals surface area (Å²) in [6.07, 6.45) is 0.803. The number of H-pyrrole nitrogens is 1. The molecule has 6 nitrogen and oxygen atoms in total. The lowest BCUT2D eigenvalue weighted by atomic mass is 9.87. The first-order valence-electron chi connectivity index (χ1n) is 8.68. The second-order valence-corrected chi connectivity index (χ2v) is 6.43. The maximum Gasteiger partial charge on any atom is 0.252 e. The molecule has 4 rings (SSSR count). The third-order valence-corrected chi connectivity index (χ3v) is 4.65. The number of nitrogens with one attached hydrogen (secondary N) is 2. The van der Waals surface area contributed by atoms with E-state index in [1.165, 1.54) is 0 Å². The minimum absolute atomic E-state index is 0.118. The van der Waals surface area contributed by atoms with Crippen LogP contribution < -0.4 is 5.32 Å². The quantitative estimate of drug-likeness (QED) is 0.743. The third-order valence-electron chi connectivity index (χ3n) is 4.65. The summed E-state index contributed by atoms with van der Waals surface area (Å²) in [4.78, 5) is 17.1. The average molecular weight is 348 g/mol. The number of carbonyl (C=O) groups excluding carboxylic acids is 1. The molecule has 1 saturated heterocycles. The molecule has 1 amide bonds. The van der Waals surface area contributed by atoms with Crippen molar-refractivity contribution in [3.8, 4) is 11.4 Å². The molecule has 0 spiro atoms. The fourth-order valence-electron chi connectivity index (χ4n) is 3.02. The van der Waals surface area contributed by atoms with Gasteiger partial charge in [0.05, 0.1) is 13.2 Å². The van der Waals surface area contributed by atoms with Crippen LogP contribution in [0.15, 0.2) is 54.6 Å². The Bertz CT molecular complexity index is 899. The first-order chi connectivity index (χ1) is 12.7. The second kappa shape index (κ2) is 6.72. The Morgan fingerprint density at radius 1 is 1.15 bits per heavy atom. The summed E-state index contributed by atoms with van der Waals surface area (Å²) in [7, 11) is 0. The molecular weight excluding hydrogens is 328 g/mol. The van der Waals surface area contributed by atoms with Crippen LogP contribution in [0.1, 0.15) is 28.7 Å². The number of hydrogen-bond acceptors (Lipinski definition) is 4. The van der Waals surface area contributed by atoms with Crippen LogP contribution in [0.5, 0.6) is 0 Å². The Kier molecular flexibility index (Phi) is 4.26. The largest absolute Gasteiger partial charge is 0.376 e. The van der Waals surface area contributed by atoms with Crippen LogP contribution in [0, 0.1) is 0 Å². The van der Waals surface area contributed by atoms with E-state index in [0.29, 0.717) is 24.6 Å². The molecular formula is C20H20N4O2. The number of amides is 1. The van der Waals surface area contributed by atoms with Gasteiger partial charge in [-0.15, -0.1) is 0 Å². The standard InChI is InChI=1S/C20H20N4O2/c1-2-17-21-18(24-23-17)14-8-10-15(11-9-14)19(25)22-20(12-26-13-20)16-6-4-3-5-7-16/h3-11H,2,12-13H2,1H3,(H,22,25)(H,21,23,24). The Labute approximate surface area is 151 Å². The van der Waals surface area contributed by atoms with Crippen molar-refractivity contribution in [2.75, 3.05) is 13.2 Å². The van der Waals surface area contributed by atoms with Gasteiger partial charge in [-0.05, 0) is 17.7 Å². The van der Waals surface area contributed by atoms with E-state index >= 15 is 0 Å². The first-order valence-corrected chi connectivity index (χ1v) is 8.68. The summed E-state index contributed by atoms with van der Waals surface area (Å²) in [5.41, 5.74) is 2.09. The van der Waals surface area contributed by atoms with Crippen molar-refractivity contribution < 1.29 is 9.53 Å². The predicted octanol–water partition coefficient (Wildman–Crippen LogP) is 2.69. The van der Waals surface area contributed by atoms with Crippen molar-refractivity contribution in [2.24, 2.45) is 0 Å². The highest BCUT2D eigenvalue weighted by atomic mass is 16.5. The van der Waals surface area contributed by atoms with Gasteiger partial charge in [0.25, 0.3) is 5.91 Å². The van der Waals surface area contributed by atoms with Gasteiger partial charge in [0, 0.05) is 17.5 Å². The minimum atomic E-state index is -0.448. The van der Waals surface area contributed by atoms with Crippen molar-refractivity contribution in [3.63, 3.8) is 0 Å². The second-order valence-electron chi connectivity index (χ2n) is 6.43. The summed E-state index contributed by atoms with van der Waals surface area (Å²) < 4.78 is 5.38. The van der Waals surface area contributed by atoms with E-state index in [1.807, 2.05) is 49.4 Å². The molecule has 1 aliphatic rings. The normalized spacial score (nSPS) is 15.3. The van der Waals surface area contributed by atoms with Gasteiger partial charge in [0.2, 0.25) is 0 Å². The lowest BCUT2D eigenvalue weighted by molar-refractivity contribution is -0.0733. The summed E-state index contributed by atoms with van der Waals surface area (Å²) >= 11 is 0. The predicted molar refractivity (Wildman–Crippen MR) is 97.6 cm³/mol. The van der Waals surface area contributed by atoms with Gasteiger partial charge in [-0.25, -0.2) is 4.98 Å². The molecule has 2 N–H and O–H groups in total. The molecule has 2 aromatic carbocycles. The highest BCUT2D eigenvalue weighted by Gasteiger charge is 2.41. The molecule has 0 aliphatic carbocycles. The molecule has 132 valence electrons. The SMILES string of the molecule is CCc1nc(-c2ccc(C(=O)NC3(c4ccccc4)COC3)cc2)n[nH]1. The van der Waals surface area contributed by atoms with Crippen LogP contribution >= 0.6 is 0 Å². The molecule has 1 fully saturated rings. The number of aryl methyl sites for hydroxylation is 1. The average Bonchev–Trinajstić information content (AvgIpc) is 3.14. The molecule has 2 heterocycles. The summed E-state index contributed by atoms with van der Waals surface area (Å²) in [6, 6.07) is 17.3. The summed E-state index contributed by atoms with van der Waals surface area (Å²) in [5, 5.41) is 10.2. The van der Waals surface area contributed by atoms with E-state index in [1.54, 1.807) is 12.1 Å². The van der Waals surface area contributed by atoms with Gasteiger partial charge in [-0.3, -0.25) is 9.89 Å². The van der Waals surface area contributed by atoms with E-state index in [9.17, 15) is 4.79 Å². The molecule has 0 unspecified atom stereocenters. The summed E-state index contributed by atoms with van der Waals surface area (Å²) in [5.74, 6) is 1.37. The summed E-state index contributed by atoms with van der Waals surface area (Å²) in [6.45, 7) is 2.99. The van der Waals surface area contributed by atoms with Gasteiger partial charge in [-0.2, -0.15) is 5.10 Å². The van der Waals surface area contributed by atoms with E-state index in [2.05, 4.69) is 20.5 Å². The van der Waals surface area contributed by atoms with Crippen molar-refractivity contribution in [1.29, 1.82) is 0 Å². The lowest BCUT2D eigenvalue weighted by Gasteiger charge is -2.42. The van der Waals surface area contributed by atoms with Crippen LogP contribution in [0.3, 0.4) is 0 Å². The van der Waals surface area contributed by atoms with Gasteiger partial charge in [0.1, 0.15) is 11.4 Å². The number of carbonyl (C=O) groups is 1. The molecule has 1 aromatic heterocycles. The van der Waals surface area contributed by atoms with E-state index in [0.717, 1.165) is 23.4 Å². The maximum absolute atomic E-state index is 12.7. The Morgan fingerprint density at radius 2 is 1.88 bits per heavy atom. The van der Waals surface area contributed by atoms with Crippen LogP contribution in [0.25, 0.3) is 11.4 Å². The van der Waals surface area contributed by atoms with Crippen LogP contribution in [-0.4, -0.2) is 34.3 Å². The zero-order chi connectivity index (χ0) is 18.0. The molecule has 1 aliphatic heterocycles. The molecule has 0 saturated carbocycles. The molecule has 3 aromatic rings. The number of hydrogen-bond donors (Lipinski definition) is 2. The van der Waals surface area contributed by atoms with E-state index < -0.39 is 5.54 Å². The van der Waals surface area contributed by atoms with Crippen molar-refractivity contribution >= 4 is 5.91 Å². The maximum atomic E-state index is 12.7. The van der Waals surface area contributed by atoms with Crippen LogP contribution in [0.2, 0.25) is 0 Å². The van der Waals surface area contributed by atoms with Gasteiger partial charge in [-0.1, -0.05) is 49.4 Å². The smallest absolute Gasteiger partial charge is 0.252 e. The molecule has 0 atom stereocenters.